The topological polar surface area (TPSA) is 99.0 Å². The van der Waals surface area contributed by atoms with Crippen LogP contribution in [-0.4, -0.2) is 57.3 Å². The maximum absolute atomic E-state index is 13.7. The molecule has 1 fully saturated rings. The van der Waals surface area contributed by atoms with Crippen molar-refractivity contribution in [3.05, 3.63) is 100 Å². The smallest absolute Gasteiger partial charge is 0.262 e. The predicted molar refractivity (Wildman–Crippen MR) is 155 cm³/mol. The van der Waals surface area contributed by atoms with Crippen LogP contribution in [0, 0.1) is 6.92 Å². The van der Waals surface area contributed by atoms with Crippen molar-refractivity contribution in [1.29, 1.82) is 0 Å². The van der Waals surface area contributed by atoms with Crippen molar-refractivity contribution in [2.45, 2.75) is 32.5 Å². The third kappa shape index (κ3) is 6.25. The van der Waals surface area contributed by atoms with Crippen molar-refractivity contribution < 1.29 is 19.7 Å². The molecule has 0 saturated carbocycles. The minimum absolute atomic E-state index is 0.0960. The fourth-order valence-electron chi connectivity index (χ4n) is 4.96. The molecule has 1 aliphatic heterocycles. The number of amides is 1. The molecule has 3 aromatic carbocycles. The van der Waals surface area contributed by atoms with Gasteiger partial charge in [-0.3, -0.25) is 9.69 Å². The van der Waals surface area contributed by atoms with E-state index in [1.54, 1.807) is 18.2 Å². The summed E-state index contributed by atoms with van der Waals surface area (Å²) in [5, 5.41) is 20.3. The number of carbonyl (C=O) groups excluding carboxylic acids is 1. The number of aryl methyl sites for hydroxylation is 1. The third-order valence-electron chi connectivity index (χ3n) is 7.18. The van der Waals surface area contributed by atoms with Crippen LogP contribution in [0.25, 0.3) is 11.3 Å². The van der Waals surface area contributed by atoms with E-state index in [4.69, 9.17) is 16.3 Å². The summed E-state index contributed by atoms with van der Waals surface area (Å²) in [5.41, 5.74) is 5.31. The van der Waals surface area contributed by atoms with E-state index >= 15 is 0 Å². The van der Waals surface area contributed by atoms with Gasteiger partial charge in [0.1, 0.15) is 11.5 Å². The first kappa shape index (κ1) is 27.6. The summed E-state index contributed by atoms with van der Waals surface area (Å²) in [6, 6.07) is 19.6. The summed E-state index contributed by atoms with van der Waals surface area (Å²) < 4.78 is 5.48. The molecule has 2 heterocycles. The molecule has 206 valence electrons. The molecular formula is C31H31ClN4O4. The standard InChI is InChI=1S/C31H31ClN4O4/c1-20-16-33-31(32)34-29(20)23-7-9-24(10-8-23)36(30(39)27-12-11-25(37)15-28(27)38)18-22-5-3-21(4-6-22)17-35-14-13-26(19-35)40-2/h3-12,15-16,26,37-38H,13-14,17-19H2,1-2H3. The first-order valence-electron chi connectivity index (χ1n) is 13.1. The molecule has 4 aromatic rings. The highest BCUT2D eigenvalue weighted by Crippen LogP contribution is 2.30. The SMILES string of the molecule is COC1CCN(Cc2ccc(CN(C(=O)c3ccc(O)cc3O)c3ccc(-c4nc(Cl)ncc4C)cc3)cc2)C1. The summed E-state index contributed by atoms with van der Waals surface area (Å²) in [7, 11) is 1.76. The second-order valence-corrected chi connectivity index (χ2v) is 10.3. The van der Waals surface area contributed by atoms with Crippen molar-refractivity contribution in [2.75, 3.05) is 25.1 Å². The number of benzene rings is 3. The zero-order chi connectivity index (χ0) is 28.2. The molecule has 9 heteroatoms. The number of aromatic nitrogens is 2. The number of ether oxygens (including phenoxy) is 1. The Balaban J connectivity index is 1.41. The lowest BCUT2D eigenvalue weighted by Gasteiger charge is -2.24. The van der Waals surface area contributed by atoms with Gasteiger partial charge in [-0.2, -0.15) is 0 Å². The minimum atomic E-state index is -0.390. The Kier molecular flexibility index (Phi) is 8.30. The molecule has 0 bridgehead atoms. The van der Waals surface area contributed by atoms with Gasteiger partial charge in [0.2, 0.25) is 5.28 Å². The van der Waals surface area contributed by atoms with E-state index in [1.807, 2.05) is 43.3 Å². The Labute approximate surface area is 238 Å². The number of rotatable bonds is 8. The van der Waals surface area contributed by atoms with Crippen LogP contribution >= 0.6 is 11.6 Å². The van der Waals surface area contributed by atoms with E-state index in [0.717, 1.165) is 48.8 Å². The van der Waals surface area contributed by atoms with Crippen LogP contribution in [0.3, 0.4) is 0 Å². The van der Waals surface area contributed by atoms with Gasteiger partial charge in [-0.25, -0.2) is 9.97 Å². The highest BCUT2D eigenvalue weighted by Gasteiger charge is 2.23. The second kappa shape index (κ2) is 12.0. The van der Waals surface area contributed by atoms with E-state index in [0.29, 0.717) is 11.4 Å². The number of hydrogen-bond acceptors (Lipinski definition) is 7. The van der Waals surface area contributed by atoms with E-state index in [2.05, 4.69) is 27.0 Å². The number of halogens is 1. The number of methoxy groups -OCH3 is 1. The molecule has 1 amide bonds. The molecule has 1 atom stereocenters. The van der Waals surface area contributed by atoms with Crippen LogP contribution in [0.4, 0.5) is 5.69 Å². The van der Waals surface area contributed by atoms with Crippen LogP contribution in [0.15, 0.2) is 72.9 Å². The monoisotopic (exact) mass is 558 g/mol. The molecule has 2 N–H and O–H groups in total. The Morgan fingerprint density at radius 1 is 1.07 bits per heavy atom. The fraction of sp³-hybridized carbons (Fsp3) is 0.258. The summed E-state index contributed by atoms with van der Waals surface area (Å²) in [4.78, 5) is 26.1. The lowest BCUT2D eigenvalue weighted by molar-refractivity contribution is 0.0982. The van der Waals surface area contributed by atoms with E-state index in [1.165, 1.54) is 17.7 Å². The zero-order valence-corrected chi connectivity index (χ0v) is 23.2. The van der Waals surface area contributed by atoms with Gasteiger partial charge in [-0.1, -0.05) is 36.4 Å². The van der Waals surface area contributed by atoms with E-state index in [9.17, 15) is 15.0 Å². The first-order valence-corrected chi connectivity index (χ1v) is 13.4. The molecule has 1 aromatic heterocycles. The van der Waals surface area contributed by atoms with Crippen molar-refractivity contribution in [3.8, 4) is 22.8 Å². The zero-order valence-electron chi connectivity index (χ0n) is 22.4. The molecule has 1 aliphatic rings. The van der Waals surface area contributed by atoms with Crippen LogP contribution in [0.1, 0.15) is 33.5 Å². The minimum Gasteiger partial charge on any atom is -0.508 e. The Morgan fingerprint density at radius 2 is 1.80 bits per heavy atom. The van der Waals surface area contributed by atoms with Gasteiger partial charge in [0, 0.05) is 50.3 Å². The highest BCUT2D eigenvalue weighted by molar-refractivity contribution is 6.28. The third-order valence-corrected chi connectivity index (χ3v) is 7.37. The van der Waals surface area contributed by atoms with Crippen LogP contribution in [0.5, 0.6) is 11.5 Å². The average Bonchev–Trinajstić information content (AvgIpc) is 3.41. The number of nitrogens with zero attached hydrogens (tertiary/aromatic N) is 4. The molecule has 0 aliphatic carbocycles. The maximum Gasteiger partial charge on any atom is 0.262 e. The van der Waals surface area contributed by atoms with Crippen molar-refractivity contribution in [3.63, 3.8) is 0 Å². The van der Waals surface area contributed by atoms with Gasteiger partial charge in [-0.15, -0.1) is 0 Å². The number of phenolic OH excluding ortho intramolecular Hbond substituents is 2. The quantitative estimate of drug-likeness (QED) is 0.272. The normalized spacial score (nSPS) is 15.3. The summed E-state index contributed by atoms with van der Waals surface area (Å²) in [6.07, 6.45) is 3.00. The fourth-order valence-corrected chi connectivity index (χ4v) is 5.10. The van der Waals surface area contributed by atoms with Crippen LogP contribution in [0.2, 0.25) is 5.28 Å². The summed E-state index contributed by atoms with van der Waals surface area (Å²) >= 11 is 6.02. The Morgan fingerprint density at radius 3 is 2.48 bits per heavy atom. The number of aromatic hydroxyl groups is 2. The lowest BCUT2D eigenvalue weighted by atomic mass is 10.1. The molecule has 40 heavy (non-hydrogen) atoms. The van der Waals surface area contributed by atoms with Gasteiger partial charge >= 0.3 is 0 Å². The largest absolute Gasteiger partial charge is 0.508 e. The van der Waals surface area contributed by atoms with Gasteiger partial charge in [-0.05, 0) is 65.9 Å². The van der Waals surface area contributed by atoms with Crippen LogP contribution in [-0.2, 0) is 17.8 Å². The highest BCUT2D eigenvalue weighted by atomic mass is 35.5. The van der Waals surface area contributed by atoms with Crippen molar-refractivity contribution >= 4 is 23.2 Å². The predicted octanol–water partition coefficient (Wildman–Crippen LogP) is 5.58. The van der Waals surface area contributed by atoms with Gasteiger partial charge in [0.25, 0.3) is 5.91 Å². The van der Waals surface area contributed by atoms with Gasteiger partial charge in [0.05, 0.1) is 23.9 Å². The number of hydrogen-bond donors (Lipinski definition) is 2. The second-order valence-electron chi connectivity index (χ2n) is 10.0. The van der Waals surface area contributed by atoms with Gasteiger partial charge in [0.15, 0.2) is 0 Å². The molecule has 8 nitrogen and oxygen atoms in total. The Bertz CT molecular complexity index is 1490. The maximum atomic E-state index is 13.7. The van der Waals surface area contributed by atoms with Crippen LogP contribution < -0.4 is 4.90 Å². The summed E-state index contributed by atoms with van der Waals surface area (Å²) in [5.74, 6) is -0.791. The lowest BCUT2D eigenvalue weighted by Crippen LogP contribution is -2.30. The molecule has 0 radical (unpaired) electrons. The molecule has 0 spiro atoms. The average molecular weight is 559 g/mol. The number of carbonyl (C=O) groups is 1. The molecule has 1 saturated heterocycles. The van der Waals surface area contributed by atoms with E-state index in [-0.39, 0.29) is 35.0 Å². The van der Waals surface area contributed by atoms with E-state index < -0.39 is 5.91 Å². The van der Waals surface area contributed by atoms with Crippen molar-refractivity contribution in [1.82, 2.24) is 14.9 Å². The first-order chi connectivity index (χ1) is 19.3. The van der Waals surface area contributed by atoms with Crippen molar-refractivity contribution in [2.24, 2.45) is 0 Å². The number of anilines is 1. The van der Waals surface area contributed by atoms with Gasteiger partial charge < -0.3 is 19.8 Å². The summed E-state index contributed by atoms with van der Waals surface area (Å²) in [6.45, 7) is 4.97. The number of phenols is 2. The molecule has 1 unspecified atom stereocenters. The number of likely N-dealkylation sites (tertiary alicyclic amines) is 1. The molecular weight excluding hydrogens is 528 g/mol. The molecule has 5 rings (SSSR count). The Hall–Kier alpha value is -3.98.